The fraction of sp³-hybridized carbons (Fsp3) is 0.389. The Labute approximate surface area is 130 Å². The summed E-state index contributed by atoms with van der Waals surface area (Å²) in [5.74, 6) is 0.796. The fourth-order valence-electron chi connectivity index (χ4n) is 2.35. The Balaban J connectivity index is 1.38. The molecule has 0 unspecified atom stereocenters. The normalized spacial score (nSPS) is 14.0. The number of anilines is 1. The number of rotatable bonds is 7. The van der Waals surface area contributed by atoms with Crippen molar-refractivity contribution in [1.82, 2.24) is 5.32 Å². The Morgan fingerprint density at radius 2 is 1.95 bits per heavy atom. The van der Waals surface area contributed by atoms with Gasteiger partial charge in [0.2, 0.25) is 0 Å². The SMILES string of the molecule is O=C(NCCCOCC1CC1)Nc1ccc2ccccc2c1. The first kappa shape index (κ1) is 14.9. The van der Waals surface area contributed by atoms with Gasteiger partial charge in [0.05, 0.1) is 0 Å². The molecule has 0 atom stereocenters. The predicted molar refractivity (Wildman–Crippen MR) is 89.1 cm³/mol. The summed E-state index contributed by atoms with van der Waals surface area (Å²) in [5, 5.41) is 8.00. The van der Waals surface area contributed by atoms with E-state index in [1.54, 1.807) is 0 Å². The third kappa shape index (κ3) is 4.46. The summed E-state index contributed by atoms with van der Waals surface area (Å²) in [5.41, 5.74) is 0.807. The second-order valence-corrected chi connectivity index (χ2v) is 5.81. The number of carbonyl (C=O) groups is 1. The van der Waals surface area contributed by atoms with E-state index in [1.165, 1.54) is 18.2 Å². The topological polar surface area (TPSA) is 50.4 Å². The van der Waals surface area contributed by atoms with Crippen molar-refractivity contribution in [3.63, 3.8) is 0 Å². The lowest BCUT2D eigenvalue weighted by molar-refractivity contribution is 0.122. The molecule has 1 fully saturated rings. The van der Waals surface area contributed by atoms with Crippen LogP contribution in [0.2, 0.25) is 0 Å². The molecule has 0 aromatic heterocycles. The van der Waals surface area contributed by atoms with Gasteiger partial charge in [-0.2, -0.15) is 0 Å². The Kier molecular flexibility index (Phi) is 4.91. The maximum atomic E-state index is 11.8. The average Bonchev–Trinajstić information content (AvgIpc) is 3.35. The quantitative estimate of drug-likeness (QED) is 0.764. The molecule has 0 saturated heterocycles. The van der Waals surface area contributed by atoms with Crippen LogP contribution in [0.3, 0.4) is 0 Å². The molecule has 0 spiro atoms. The first-order valence-corrected chi connectivity index (χ1v) is 7.93. The van der Waals surface area contributed by atoms with Crippen molar-refractivity contribution in [3.05, 3.63) is 42.5 Å². The number of ether oxygens (including phenoxy) is 1. The molecule has 0 aliphatic heterocycles. The second kappa shape index (κ2) is 7.27. The van der Waals surface area contributed by atoms with E-state index in [4.69, 9.17) is 4.74 Å². The number of hydrogen-bond acceptors (Lipinski definition) is 2. The van der Waals surface area contributed by atoms with Crippen LogP contribution in [0.25, 0.3) is 10.8 Å². The molecule has 1 aliphatic rings. The molecule has 3 rings (SSSR count). The van der Waals surface area contributed by atoms with Gasteiger partial charge >= 0.3 is 6.03 Å². The molecule has 0 bridgehead atoms. The van der Waals surface area contributed by atoms with Gasteiger partial charge in [0.25, 0.3) is 0 Å². The fourth-order valence-corrected chi connectivity index (χ4v) is 2.35. The summed E-state index contributed by atoms with van der Waals surface area (Å²) in [4.78, 5) is 11.8. The van der Waals surface area contributed by atoms with Crippen LogP contribution in [0.5, 0.6) is 0 Å². The standard InChI is InChI=1S/C18H22N2O2/c21-18(19-10-3-11-22-13-14-6-7-14)20-17-9-8-15-4-1-2-5-16(15)12-17/h1-2,4-5,8-9,12,14H,3,6-7,10-11,13H2,(H2,19,20,21). The van der Waals surface area contributed by atoms with E-state index in [-0.39, 0.29) is 6.03 Å². The van der Waals surface area contributed by atoms with Crippen molar-refractivity contribution >= 4 is 22.5 Å². The summed E-state index contributed by atoms with van der Waals surface area (Å²) in [6.07, 6.45) is 3.47. The Hall–Kier alpha value is -2.07. The van der Waals surface area contributed by atoms with E-state index in [2.05, 4.69) is 16.7 Å². The average molecular weight is 298 g/mol. The van der Waals surface area contributed by atoms with E-state index >= 15 is 0 Å². The zero-order valence-corrected chi connectivity index (χ0v) is 12.7. The molecule has 22 heavy (non-hydrogen) atoms. The van der Waals surface area contributed by atoms with Crippen molar-refractivity contribution in [2.75, 3.05) is 25.1 Å². The molecular weight excluding hydrogens is 276 g/mol. The predicted octanol–water partition coefficient (Wildman–Crippen LogP) is 3.78. The molecule has 2 aromatic rings. The largest absolute Gasteiger partial charge is 0.381 e. The third-order valence-corrected chi connectivity index (χ3v) is 3.81. The van der Waals surface area contributed by atoms with Gasteiger partial charge in [-0.05, 0) is 48.1 Å². The Bertz CT molecular complexity index is 638. The van der Waals surface area contributed by atoms with Crippen molar-refractivity contribution < 1.29 is 9.53 Å². The molecule has 4 nitrogen and oxygen atoms in total. The first-order valence-electron chi connectivity index (χ1n) is 7.93. The molecule has 0 heterocycles. The molecule has 4 heteroatoms. The van der Waals surface area contributed by atoms with Gasteiger partial charge in [0, 0.05) is 25.4 Å². The number of benzene rings is 2. The molecule has 2 aromatic carbocycles. The van der Waals surface area contributed by atoms with E-state index in [0.717, 1.165) is 30.0 Å². The minimum atomic E-state index is -0.169. The minimum Gasteiger partial charge on any atom is -0.381 e. The number of fused-ring (bicyclic) bond motifs is 1. The highest BCUT2D eigenvalue weighted by Gasteiger charge is 2.20. The summed E-state index contributed by atoms with van der Waals surface area (Å²) >= 11 is 0. The van der Waals surface area contributed by atoms with Gasteiger partial charge in [0.15, 0.2) is 0 Å². The van der Waals surface area contributed by atoms with Crippen molar-refractivity contribution in [3.8, 4) is 0 Å². The van der Waals surface area contributed by atoms with Gasteiger partial charge in [-0.1, -0.05) is 30.3 Å². The van der Waals surface area contributed by atoms with Crippen LogP contribution < -0.4 is 10.6 Å². The van der Waals surface area contributed by atoms with Crippen molar-refractivity contribution in [1.29, 1.82) is 0 Å². The summed E-state index contributed by atoms with van der Waals surface area (Å²) in [7, 11) is 0. The molecule has 1 aliphatic carbocycles. The summed E-state index contributed by atoms with van der Waals surface area (Å²) in [6, 6.07) is 13.8. The van der Waals surface area contributed by atoms with Crippen molar-refractivity contribution in [2.24, 2.45) is 5.92 Å². The molecule has 116 valence electrons. The second-order valence-electron chi connectivity index (χ2n) is 5.81. The summed E-state index contributed by atoms with van der Waals surface area (Å²) < 4.78 is 5.53. The third-order valence-electron chi connectivity index (χ3n) is 3.81. The Morgan fingerprint density at radius 1 is 1.14 bits per heavy atom. The van der Waals surface area contributed by atoms with Crippen LogP contribution in [-0.2, 0) is 4.74 Å². The summed E-state index contributed by atoms with van der Waals surface area (Å²) in [6.45, 7) is 2.22. The van der Waals surface area contributed by atoms with Crippen molar-refractivity contribution in [2.45, 2.75) is 19.3 Å². The lowest BCUT2D eigenvalue weighted by atomic mass is 10.1. The van der Waals surface area contributed by atoms with E-state index in [0.29, 0.717) is 13.2 Å². The van der Waals surface area contributed by atoms with Crippen LogP contribution in [-0.4, -0.2) is 25.8 Å². The highest BCUT2D eigenvalue weighted by Crippen LogP contribution is 2.28. The van der Waals surface area contributed by atoms with E-state index in [9.17, 15) is 4.79 Å². The zero-order valence-electron chi connectivity index (χ0n) is 12.7. The van der Waals surface area contributed by atoms with Crippen LogP contribution in [0.1, 0.15) is 19.3 Å². The van der Waals surface area contributed by atoms with Gasteiger partial charge < -0.3 is 15.4 Å². The van der Waals surface area contributed by atoms with Crippen LogP contribution in [0.15, 0.2) is 42.5 Å². The molecule has 2 N–H and O–H groups in total. The molecule has 2 amide bonds. The van der Waals surface area contributed by atoms with Gasteiger partial charge in [-0.25, -0.2) is 4.79 Å². The Morgan fingerprint density at radius 3 is 2.77 bits per heavy atom. The maximum absolute atomic E-state index is 11.8. The lowest BCUT2D eigenvalue weighted by Gasteiger charge is -2.09. The number of carbonyl (C=O) groups excluding carboxylic acids is 1. The molecule has 0 radical (unpaired) electrons. The lowest BCUT2D eigenvalue weighted by Crippen LogP contribution is -2.30. The molecular formula is C18H22N2O2. The number of hydrogen-bond donors (Lipinski definition) is 2. The smallest absolute Gasteiger partial charge is 0.319 e. The van der Waals surface area contributed by atoms with Crippen LogP contribution in [0.4, 0.5) is 10.5 Å². The van der Waals surface area contributed by atoms with E-state index < -0.39 is 0 Å². The number of urea groups is 1. The van der Waals surface area contributed by atoms with Crippen LogP contribution >= 0.6 is 0 Å². The minimum absolute atomic E-state index is 0.169. The first-order chi connectivity index (χ1) is 10.8. The molecule has 1 saturated carbocycles. The zero-order chi connectivity index (χ0) is 15.2. The highest BCUT2D eigenvalue weighted by atomic mass is 16.5. The van der Waals surface area contributed by atoms with Gasteiger partial charge in [0.1, 0.15) is 0 Å². The maximum Gasteiger partial charge on any atom is 0.319 e. The number of amides is 2. The van der Waals surface area contributed by atoms with Gasteiger partial charge in [-0.3, -0.25) is 0 Å². The van der Waals surface area contributed by atoms with Gasteiger partial charge in [-0.15, -0.1) is 0 Å². The highest BCUT2D eigenvalue weighted by molar-refractivity contribution is 5.93. The monoisotopic (exact) mass is 298 g/mol. The van der Waals surface area contributed by atoms with Crippen LogP contribution in [0, 0.1) is 5.92 Å². The number of nitrogens with one attached hydrogen (secondary N) is 2. The van der Waals surface area contributed by atoms with E-state index in [1.807, 2.05) is 36.4 Å².